The van der Waals surface area contributed by atoms with E-state index >= 15 is 0 Å². The summed E-state index contributed by atoms with van der Waals surface area (Å²) in [6, 6.07) is 11.3. The Balaban J connectivity index is 1.98. The quantitative estimate of drug-likeness (QED) is 0.598. The minimum Gasteiger partial charge on any atom is -0.471 e. The summed E-state index contributed by atoms with van der Waals surface area (Å²) in [4.78, 5) is 10.9. The van der Waals surface area contributed by atoms with Gasteiger partial charge in [0, 0.05) is 13.0 Å². The van der Waals surface area contributed by atoms with Gasteiger partial charge in [0.05, 0.1) is 0 Å². The van der Waals surface area contributed by atoms with Crippen molar-refractivity contribution in [3.05, 3.63) is 60.4 Å². The van der Waals surface area contributed by atoms with E-state index in [9.17, 15) is 4.79 Å². The van der Waals surface area contributed by atoms with Crippen LogP contribution in [-0.2, 0) is 16.1 Å². The number of rotatable bonds is 6. The number of hydrogen-bond donors (Lipinski definition) is 0. The topological polar surface area (TPSA) is 61.6 Å². The van der Waals surface area contributed by atoms with Crippen molar-refractivity contribution in [2.75, 3.05) is 0 Å². The molecule has 0 aliphatic rings. The Morgan fingerprint density at radius 3 is 2.85 bits per heavy atom. The smallest absolute Gasteiger partial charge is 0.303 e. The minimum atomic E-state index is -0.658. The third-order valence-corrected chi connectivity index (χ3v) is 2.52. The lowest BCUT2D eigenvalue weighted by Crippen LogP contribution is -2.04. The van der Waals surface area contributed by atoms with Crippen molar-refractivity contribution in [3.63, 3.8) is 0 Å². The number of hydrogen-bond acceptors (Lipinski definition) is 5. The maximum Gasteiger partial charge on any atom is 0.303 e. The molecule has 0 saturated heterocycles. The fourth-order valence-corrected chi connectivity index (χ4v) is 1.61. The molecule has 1 aromatic heterocycles. The Kier molecular flexibility index (Phi) is 4.55. The molecular formula is C15H15NO4. The zero-order valence-corrected chi connectivity index (χ0v) is 11.1. The maximum absolute atomic E-state index is 10.9. The third kappa shape index (κ3) is 3.71. The second kappa shape index (κ2) is 6.56. The van der Waals surface area contributed by atoms with E-state index in [-0.39, 0.29) is 0 Å². The van der Waals surface area contributed by atoms with Crippen molar-refractivity contribution in [2.24, 2.45) is 0 Å². The predicted octanol–water partition coefficient (Wildman–Crippen LogP) is 3.04. The molecule has 0 bridgehead atoms. The highest BCUT2D eigenvalue weighted by atomic mass is 16.6. The number of esters is 1. The molecule has 5 nitrogen and oxygen atoms in total. The van der Waals surface area contributed by atoms with E-state index in [0.29, 0.717) is 18.2 Å². The third-order valence-electron chi connectivity index (χ3n) is 2.52. The normalized spacial score (nSPS) is 11.7. The van der Waals surface area contributed by atoms with Gasteiger partial charge in [-0.05, 0) is 16.8 Å². The maximum atomic E-state index is 10.9. The molecule has 0 spiro atoms. The molecule has 1 unspecified atom stereocenters. The van der Waals surface area contributed by atoms with Crippen LogP contribution in [0.25, 0.3) is 0 Å². The second-order valence-corrected chi connectivity index (χ2v) is 4.11. The monoisotopic (exact) mass is 273 g/mol. The van der Waals surface area contributed by atoms with Crippen LogP contribution < -0.4 is 4.74 Å². The Bertz CT molecular complexity index is 577. The highest BCUT2D eigenvalue weighted by Crippen LogP contribution is 2.23. The van der Waals surface area contributed by atoms with Crippen LogP contribution in [0, 0.1) is 0 Å². The first-order valence-electron chi connectivity index (χ1n) is 6.12. The van der Waals surface area contributed by atoms with Crippen molar-refractivity contribution in [2.45, 2.75) is 19.6 Å². The molecule has 104 valence electrons. The average Bonchev–Trinajstić information content (AvgIpc) is 2.92. The molecule has 1 heterocycles. The predicted molar refractivity (Wildman–Crippen MR) is 72.0 cm³/mol. The summed E-state index contributed by atoms with van der Waals surface area (Å²) in [6.07, 6.45) is 0.803. The van der Waals surface area contributed by atoms with Crippen LogP contribution in [0.1, 0.15) is 24.4 Å². The summed E-state index contributed by atoms with van der Waals surface area (Å²) >= 11 is 0. The molecule has 0 aliphatic heterocycles. The van der Waals surface area contributed by atoms with Gasteiger partial charge in [0.2, 0.25) is 0 Å². The molecule has 0 amide bonds. The van der Waals surface area contributed by atoms with Crippen molar-refractivity contribution in [3.8, 4) is 5.88 Å². The van der Waals surface area contributed by atoms with Crippen molar-refractivity contribution in [1.29, 1.82) is 0 Å². The van der Waals surface area contributed by atoms with Gasteiger partial charge in [-0.2, -0.15) is 0 Å². The highest BCUT2D eigenvalue weighted by molar-refractivity contribution is 5.66. The first-order valence-corrected chi connectivity index (χ1v) is 6.12. The lowest BCUT2D eigenvalue weighted by Gasteiger charge is -2.07. The molecule has 0 radical (unpaired) electrons. The Labute approximate surface area is 116 Å². The zero-order valence-electron chi connectivity index (χ0n) is 11.1. The molecule has 0 aliphatic carbocycles. The van der Waals surface area contributed by atoms with E-state index in [1.54, 1.807) is 6.07 Å². The van der Waals surface area contributed by atoms with Gasteiger partial charge in [0.25, 0.3) is 5.88 Å². The lowest BCUT2D eigenvalue weighted by molar-refractivity contribution is -0.145. The summed E-state index contributed by atoms with van der Waals surface area (Å²) < 4.78 is 15.6. The molecule has 2 aromatic rings. The van der Waals surface area contributed by atoms with E-state index < -0.39 is 12.1 Å². The van der Waals surface area contributed by atoms with Gasteiger partial charge in [0.15, 0.2) is 11.9 Å². The van der Waals surface area contributed by atoms with Gasteiger partial charge in [-0.25, -0.2) is 0 Å². The van der Waals surface area contributed by atoms with E-state index in [1.807, 2.05) is 30.3 Å². The van der Waals surface area contributed by atoms with Crippen molar-refractivity contribution in [1.82, 2.24) is 5.16 Å². The van der Waals surface area contributed by atoms with Gasteiger partial charge in [-0.15, -0.1) is 0 Å². The van der Waals surface area contributed by atoms with E-state index in [4.69, 9.17) is 14.0 Å². The van der Waals surface area contributed by atoms with E-state index in [2.05, 4.69) is 11.7 Å². The van der Waals surface area contributed by atoms with E-state index in [0.717, 1.165) is 5.56 Å². The molecule has 5 heteroatoms. The number of carbonyl (C=O) groups is 1. The van der Waals surface area contributed by atoms with Gasteiger partial charge in [-0.3, -0.25) is 4.79 Å². The molecular weight excluding hydrogens is 258 g/mol. The zero-order chi connectivity index (χ0) is 14.4. The largest absolute Gasteiger partial charge is 0.471 e. The van der Waals surface area contributed by atoms with Crippen molar-refractivity contribution < 1.29 is 18.8 Å². The van der Waals surface area contributed by atoms with Crippen LogP contribution in [-0.4, -0.2) is 11.1 Å². The van der Waals surface area contributed by atoms with Gasteiger partial charge >= 0.3 is 5.97 Å². The Hall–Kier alpha value is -2.56. The molecule has 1 aromatic carbocycles. The minimum absolute atomic E-state index is 0.336. The Morgan fingerprint density at radius 2 is 2.20 bits per heavy atom. The fraction of sp³-hybridized carbons (Fsp3) is 0.200. The summed E-state index contributed by atoms with van der Waals surface area (Å²) in [7, 11) is 0. The summed E-state index contributed by atoms with van der Waals surface area (Å²) in [5, 5.41) is 3.77. The Morgan fingerprint density at radius 1 is 1.45 bits per heavy atom. The van der Waals surface area contributed by atoms with Crippen LogP contribution in [0.5, 0.6) is 5.88 Å². The summed E-state index contributed by atoms with van der Waals surface area (Å²) in [5.41, 5.74) is 1.03. The summed E-state index contributed by atoms with van der Waals surface area (Å²) in [5.74, 6) is 0.291. The first-order chi connectivity index (χ1) is 9.69. The molecule has 0 N–H and O–H groups in total. The standard InChI is InChI=1S/C15H15NO4/c1-3-13(19-11(2)17)14-9-15(16-20-14)18-10-12-7-5-4-6-8-12/h3-9,13H,1,10H2,2H3. The number of carbonyl (C=O) groups excluding carboxylic acids is 1. The fourth-order valence-electron chi connectivity index (χ4n) is 1.61. The molecule has 2 rings (SSSR count). The lowest BCUT2D eigenvalue weighted by atomic mass is 10.2. The van der Waals surface area contributed by atoms with Gasteiger partial charge in [0.1, 0.15) is 6.61 Å². The molecule has 20 heavy (non-hydrogen) atoms. The second-order valence-electron chi connectivity index (χ2n) is 4.11. The first kappa shape index (κ1) is 13.9. The number of ether oxygens (including phenoxy) is 2. The number of aromatic nitrogens is 1. The van der Waals surface area contributed by atoms with Crippen molar-refractivity contribution >= 4 is 5.97 Å². The SMILES string of the molecule is C=CC(OC(C)=O)c1cc(OCc2ccccc2)no1. The van der Waals surface area contributed by atoms with Gasteiger partial charge < -0.3 is 14.0 Å². The molecule has 1 atom stereocenters. The highest BCUT2D eigenvalue weighted by Gasteiger charge is 2.17. The van der Waals surface area contributed by atoms with Crippen LogP contribution in [0.4, 0.5) is 0 Å². The van der Waals surface area contributed by atoms with Crippen LogP contribution in [0.15, 0.2) is 53.6 Å². The number of nitrogens with zero attached hydrogens (tertiary/aromatic N) is 1. The van der Waals surface area contributed by atoms with Crippen LogP contribution in [0.3, 0.4) is 0 Å². The number of benzene rings is 1. The van der Waals surface area contributed by atoms with E-state index in [1.165, 1.54) is 13.0 Å². The van der Waals surface area contributed by atoms with Crippen LogP contribution >= 0.6 is 0 Å². The van der Waals surface area contributed by atoms with Gasteiger partial charge in [-0.1, -0.05) is 36.9 Å². The molecule has 0 saturated carbocycles. The summed E-state index contributed by atoms with van der Waals surface area (Å²) in [6.45, 7) is 5.29. The average molecular weight is 273 g/mol. The van der Waals surface area contributed by atoms with Crippen LogP contribution in [0.2, 0.25) is 0 Å². The molecule has 0 fully saturated rings.